The third-order valence-corrected chi connectivity index (χ3v) is 2.89. The monoisotopic (exact) mass is 283 g/mol. The van der Waals surface area contributed by atoms with Gasteiger partial charge in [-0.15, -0.1) is 0 Å². The number of hydrogen-bond donors (Lipinski definition) is 1. The Hall–Kier alpha value is -1.52. The van der Waals surface area contributed by atoms with E-state index in [1.165, 1.54) is 6.20 Å². The minimum Gasteiger partial charge on any atom is -0.504 e. The van der Waals surface area contributed by atoms with E-state index in [4.69, 9.17) is 23.2 Å². The van der Waals surface area contributed by atoms with Gasteiger partial charge in [-0.05, 0) is 18.2 Å². The van der Waals surface area contributed by atoms with Crippen molar-refractivity contribution in [1.29, 1.82) is 0 Å². The largest absolute Gasteiger partial charge is 0.504 e. The number of rotatable bonds is 2. The highest BCUT2D eigenvalue weighted by Crippen LogP contribution is 2.34. The van der Waals surface area contributed by atoms with Crippen LogP contribution in [0.1, 0.15) is 0 Å². The molecule has 0 unspecified atom stereocenters. The van der Waals surface area contributed by atoms with E-state index in [2.05, 4.69) is 9.97 Å². The normalized spacial score (nSPS) is 10.4. The third kappa shape index (κ3) is 2.49. The maximum Gasteiger partial charge on any atom is 0.225 e. The van der Waals surface area contributed by atoms with Gasteiger partial charge in [0, 0.05) is 24.7 Å². The maximum atomic E-state index is 9.83. The van der Waals surface area contributed by atoms with Crippen molar-refractivity contribution in [2.45, 2.75) is 0 Å². The van der Waals surface area contributed by atoms with Crippen LogP contribution in [0.2, 0.25) is 10.0 Å². The standard InChI is InChI=1S/C12H11Cl2N3O/c1-17(2)12-15-6-10(18)11(16-12)8-4-3-7(13)5-9(8)14/h3-6,18H,1-2H3. The highest BCUT2D eigenvalue weighted by Gasteiger charge is 2.13. The topological polar surface area (TPSA) is 49.2 Å². The van der Waals surface area contributed by atoms with Crippen molar-refractivity contribution >= 4 is 29.2 Å². The van der Waals surface area contributed by atoms with E-state index >= 15 is 0 Å². The molecule has 94 valence electrons. The van der Waals surface area contributed by atoms with Crippen LogP contribution in [0.4, 0.5) is 5.95 Å². The highest BCUT2D eigenvalue weighted by molar-refractivity contribution is 6.36. The predicted octanol–water partition coefficient (Wildman–Crippen LogP) is 3.22. The van der Waals surface area contributed by atoms with Gasteiger partial charge in [-0.3, -0.25) is 0 Å². The average molecular weight is 284 g/mol. The van der Waals surface area contributed by atoms with Crippen molar-refractivity contribution < 1.29 is 5.11 Å². The van der Waals surface area contributed by atoms with Crippen LogP contribution in [0.3, 0.4) is 0 Å². The lowest BCUT2D eigenvalue weighted by Gasteiger charge is -2.12. The van der Waals surface area contributed by atoms with E-state index in [1.54, 1.807) is 23.1 Å². The Morgan fingerprint density at radius 1 is 1.22 bits per heavy atom. The molecule has 0 radical (unpaired) electrons. The first kappa shape index (κ1) is 12.9. The number of anilines is 1. The molecule has 0 spiro atoms. The smallest absolute Gasteiger partial charge is 0.225 e. The Morgan fingerprint density at radius 3 is 2.56 bits per heavy atom. The molecular weight excluding hydrogens is 273 g/mol. The third-order valence-electron chi connectivity index (χ3n) is 2.34. The molecule has 0 aliphatic heterocycles. The summed E-state index contributed by atoms with van der Waals surface area (Å²) in [4.78, 5) is 10.0. The molecule has 0 fully saturated rings. The number of nitrogens with zero attached hydrogens (tertiary/aromatic N) is 3. The predicted molar refractivity (Wildman–Crippen MR) is 73.5 cm³/mol. The van der Waals surface area contributed by atoms with Crippen molar-refractivity contribution in [2.75, 3.05) is 19.0 Å². The summed E-state index contributed by atoms with van der Waals surface area (Å²) in [6.07, 6.45) is 1.35. The summed E-state index contributed by atoms with van der Waals surface area (Å²) in [5.74, 6) is 0.471. The summed E-state index contributed by atoms with van der Waals surface area (Å²) in [7, 11) is 3.64. The number of benzene rings is 1. The zero-order chi connectivity index (χ0) is 13.3. The minimum atomic E-state index is -0.0233. The van der Waals surface area contributed by atoms with Crippen LogP contribution >= 0.6 is 23.2 Å². The van der Waals surface area contributed by atoms with Crippen LogP contribution in [0.25, 0.3) is 11.3 Å². The molecule has 1 aromatic heterocycles. The molecule has 1 heterocycles. The summed E-state index contributed by atoms with van der Waals surface area (Å²) < 4.78 is 0. The van der Waals surface area contributed by atoms with Gasteiger partial charge in [0.15, 0.2) is 5.75 Å². The molecule has 0 bridgehead atoms. The Balaban J connectivity index is 2.59. The molecule has 0 amide bonds. The molecular formula is C12H11Cl2N3O. The first-order valence-corrected chi connectivity index (χ1v) is 5.93. The SMILES string of the molecule is CN(C)c1ncc(O)c(-c2ccc(Cl)cc2Cl)n1. The summed E-state index contributed by atoms with van der Waals surface area (Å²) in [5, 5.41) is 10.8. The van der Waals surface area contributed by atoms with E-state index in [-0.39, 0.29) is 5.75 Å². The molecule has 1 aromatic carbocycles. The zero-order valence-electron chi connectivity index (χ0n) is 9.85. The van der Waals surface area contributed by atoms with Crippen molar-refractivity contribution in [3.8, 4) is 17.0 Å². The first-order chi connectivity index (χ1) is 8.49. The fraction of sp³-hybridized carbons (Fsp3) is 0.167. The fourth-order valence-corrected chi connectivity index (χ4v) is 1.96. The number of aromatic nitrogens is 2. The second-order valence-electron chi connectivity index (χ2n) is 3.92. The van der Waals surface area contributed by atoms with Crippen LogP contribution < -0.4 is 4.90 Å². The van der Waals surface area contributed by atoms with E-state index < -0.39 is 0 Å². The van der Waals surface area contributed by atoms with Crippen LogP contribution in [0, 0.1) is 0 Å². The Morgan fingerprint density at radius 2 is 1.94 bits per heavy atom. The lowest BCUT2D eigenvalue weighted by atomic mass is 10.1. The van der Waals surface area contributed by atoms with Gasteiger partial charge >= 0.3 is 0 Å². The summed E-state index contributed by atoms with van der Waals surface area (Å²) in [6, 6.07) is 5.02. The van der Waals surface area contributed by atoms with Crippen LogP contribution in [0.5, 0.6) is 5.75 Å². The second kappa shape index (κ2) is 5.00. The Labute approximate surface area is 115 Å². The first-order valence-electron chi connectivity index (χ1n) is 5.18. The number of aromatic hydroxyl groups is 1. The van der Waals surface area contributed by atoms with Crippen molar-refractivity contribution in [2.24, 2.45) is 0 Å². The quantitative estimate of drug-likeness (QED) is 0.919. The second-order valence-corrected chi connectivity index (χ2v) is 4.77. The Kier molecular flexibility index (Phi) is 3.59. The summed E-state index contributed by atoms with van der Waals surface area (Å²) in [6.45, 7) is 0. The fourth-order valence-electron chi connectivity index (χ4n) is 1.46. The molecule has 1 N–H and O–H groups in total. The Bertz CT molecular complexity index is 588. The van der Waals surface area contributed by atoms with E-state index in [1.807, 2.05) is 14.1 Å². The average Bonchev–Trinajstić information content (AvgIpc) is 2.30. The minimum absolute atomic E-state index is 0.0233. The maximum absolute atomic E-state index is 9.83. The highest BCUT2D eigenvalue weighted by atomic mass is 35.5. The lowest BCUT2D eigenvalue weighted by Crippen LogP contribution is -2.12. The van der Waals surface area contributed by atoms with Gasteiger partial charge in [0.05, 0.1) is 11.2 Å². The molecule has 0 aliphatic carbocycles. The van der Waals surface area contributed by atoms with Gasteiger partial charge < -0.3 is 10.0 Å². The molecule has 2 rings (SSSR count). The zero-order valence-corrected chi connectivity index (χ0v) is 11.4. The van der Waals surface area contributed by atoms with Gasteiger partial charge in [0.25, 0.3) is 0 Å². The molecule has 18 heavy (non-hydrogen) atoms. The number of hydrogen-bond acceptors (Lipinski definition) is 4. The van der Waals surface area contributed by atoms with Crippen LogP contribution in [-0.4, -0.2) is 29.2 Å². The molecule has 2 aromatic rings. The van der Waals surface area contributed by atoms with Crippen molar-refractivity contribution in [1.82, 2.24) is 9.97 Å². The molecule has 0 saturated carbocycles. The molecule has 0 aliphatic rings. The number of halogens is 2. The van der Waals surface area contributed by atoms with Gasteiger partial charge in [0.2, 0.25) is 5.95 Å². The molecule has 4 nitrogen and oxygen atoms in total. The lowest BCUT2D eigenvalue weighted by molar-refractivity contribution is 0.472. The van der Waals surface area contributed by atoms with Gasteiger partial charge in [-0.25, -0.2) is 9.97 Å². The summed E-state index contributed by atoms with van der Waals surface area (Å²) in [5.41, 5.74) is 0.999. The van der Waals surface area contributed by atoms with Crippen LogP contribution in [-0.2, 0) is 0 Å². The summed E-state index contributed by atoms with van der Waals surface area (Å²) >= 11 is 11.9. The van der Waals surface area contributed by atoms with E-state index in [0.717, 1.165) is 0 Å². The van der Waals surface area contributed by atoms with Crippen molar-refractivity contribution in [3.05, 3.63) is 34.4 Å². The molecule has 0 atom stereocenters. The van der Waals surface area contributed by atoms with Gasteiger partial charge in [0.1, 0.15) is 5.69 Å². The van der Waals surface area contributed by atoms with E-state index in [0.29, 0.717) is 27.3 Å². The van der Waals surface area contributed by atoms with Gasteiger partial charge in [-0.2, -0.15) is 0 Å². The van der Waals surface area contributed by atoms with Crippen molar-refractivity contribution in [3.63, 3.8) is 0 Å². The molecule has 6 heteroatoms. The van der Waals surface area contributed by atoms with Gasteiger partial charge in [-0.1, -0.05) is 23.2 Å². The molecule has 0 saturated heterocycles. The van der Waals surface area contributed by atoms with E-state index in [9.17, 15) is 5.11 Å². The van der Waals surface area contributed by atoms with Crippen LogP contribution in [0.15, 0.2) is 24.4 Å².